The van der Waals surface area contributed by atoms with Crippen LogP contribution in [0.15, 0.2) is 42.6 Å². The summed E-state index contributed by atoms with van der Waals surface area (Å²) in [5.74, 6) is -0.592. The van der Waals surface area contributed by atoms with Crippen molar-refractivity contribution in [2.45, 2.75) is 38.9 Å². The average Bonchev–Trinajstić information content (AvgIpc) is 3.45. The third-order valence-corrected chi connectivity index (χ3v) is 7.03. The number of hydrogen-bond acceptors (Lipinski definition) is 7. The minimum atomic E-state index is -0.592. The summed E-state index contributed by atoms with van der Waals surface area (Å²) >= 11 is 1.31. The summed E-state index contributed by atoms with van der Waals surface area (Å²) in [5, 5.41) is 7.26. The number of amides is 3. The second-order valence-corrected chi connectivity index (χ2v) is 9.58. The Morgan fingerprint density at radius 3 is 2.62 bits per heavy atom. The maximum Gasteiger partial charge on any atom is 0.318 e. The number of aryl methyl sites for hydroxylation is 1. The Labute approximate surface area is 202 Å². The maximum atomic E-state index is 12.9. The lowest BCUT2D eigenvalue weighted by Crippen LogP contribution is -2.50. The van der Waals surface area contributed by atoms with E-state index in [1.54, 1.807) is 6.20 Å². The largest absolute Gasteiger partial charge is 0.368 e. The molecule has 1 fully saturated rings. The average molecular weight is 478 g/mol. The molecule has 176 valence electrons. The number of fused-ring (bicyclic) bond motifs is 1. The van der Waals surface area contributed by atoms with Crippen LogP contribution in [-0.2, 0) is 13.1 Å². The number of nitrogens with zero attached hydrogens (tertiary/aromatic N) is 4. The Bertz CT molecular complexity index is 1200. The lowest BCUT2D eigenvalue weighted by atomic mass is 10.1. The Kier molecular flexibility index (Phi) is 6.06. The van der Waals surface area contributed by atoms with E-state index in [1.807, 2.05) is 36.1 Å². The molecule has 1 aromatic carbocycles. The Balaban J connectivity index is 1.27. The number of piperidine rings is 1. The first-order valence-corrected chi connectivity index (χ1v) is 12.1. The summed E-state index contributed by atoms with van der Waals surface area (Å²) in [4.78, 5) is 33.2. The van der Waals surface area contributed by atoms with Crippen molar-refractivity contribution in [2.24, 2.45) is 5.73 Å². The van der Waals surface area contributed by atoms with Crippen LogP contribution in [0.1, 0.15) is 40.2 Å². The Morgan fingerprint density at radius 1 is 1.18 bits per heavy atom. The molecule has 2 aromatic heterocycles. The highest BCUT2D eigenvalue weighted by atomic mass is 32.1. The first kappa shape index (κ1) is 22.1. The van der Waals surface area contributed by atoms with Gasteiger partial charge in [-0.2, -0.15) is 4.37 Å². The fraction of sp³-hybridized carbons (Fsp3) is 0.333. The maximum absolute atomic E-state index is 12.9. The van der Waals surface area contributed by atoms with Crippen LogP contribution in [0.4, 0.5) is 21.2 Å². The van der Waals surface area contributed by atoms with Gasteiger partial charge in [0.1, 0.15) is 5.00 Å². The zero-order valence-electron chi connectivity index (χ0n) is 19.0. The minimum Gasteiger partial charge on any atom is -0.368 e. The van der Waals surface area contributed by atoms with E-state index >= 15 is 0 Å². The lowest BCUT2D eigenvalue weighted by molar-refractivity contribution is 0.0996. The van der Waals surface area contributed by atoms with E-state index in [4.69, 9.17) is 5.73 Å². The monoisotopic (exact) mass is 477 g/mol. The molecule has 4 N–H and O–H groups in total. The third kappa shape index (κ3) is 4.67. The number of nitrogens with one attached hydrogen (secondary N) is 2. The van der Waals surface area contributed by atoms with Crippen molar-refractivity contribution < 1.29 is 9.59 Å². The molecule has 4 heterocycles. The molecule has 1 saturated heterocycles. The molecule has 0 aliphatic carbocycles. The summed E-state index contributed by atoms with van der Waals surface area (Å²) < 4.78 is 4.27. The van der Waals surface area contributed by atoms with Crippen molar-refractivity contribution in [1.29, 1.82) is 0 Å². The second-order valence-electron chi connectivity index (χ2n) is 8.77. The molecule has 2 aliphatic rings. The van der Waals surface area contributed by atoms with Crippen LogP contribution in [0.2, 0.25) is 0 Å². The van der Waals surface area contributed by atoms with Gasteiger partial charge in [-0.15, -0.1) is 0 Å². The molecular formula is C24H27N7O2S. The lowest BCUT2D eigenvalue weighted by Gasteiger charge is -2.35. The molecular weight excluding hydrogens is 450 g/mol. The molecule has 0 radical (unpaired) electrons. The van der Waals surface area contributed by atoms with Gasteiger partial charge in [-0.05, 0) is 54.6 Å². The molecule has 10 heteroatoms. The topological polar surface area (TPSA) is 116 Å². The van der Waals surface area contributed by atoms with Gasteiger partial charge < -0.3 is 26.2 Å². The molecule has 3 amide bonds. The van der Waals surface area contributed by atoms with Gasteiger partial charge in [-0.3, -0.25) is 4.79 Å². The van der Waals surface area contributed by atoms with E-state index in [2.05, 4.69) is 37.0 Å². The smallest absolute Gasteiger partial charge is 0.318 e. The molecule has 1 unspecified atom stereocenters. The van der Waals surface area contributed by atoms with Gasteiger partial charge in [-0.25, -0.2) is 9.78 Å². The van der Waals surface area contributed by atoms with Crippen LogP contribution in [0.3, 0.4) is 0 Å². The first-order valence-electron chi connectivity index (χ1n) is 11.3. The number of hydrogen-bond donors (Lipinski definition) is 3. The van der Waals surface area contributed by atoms with Gasteiger partial charge in [0.25, 0.3) is 5.91 Å². The number of nitrogens with two attached hydrogens (primary N) is 1. The highest BCUT2D eigenvalue weighted by molar-refractivity contribution is 7.10. The first-order chi connectivity index (χ1) is 16.5. The van der Waals surface area contributed by atoms with Crippen molar-refractivity contribution in [3.63, 3.8) is 0 Å². The van der Waals surface area contributed by atoms with E-state index < -0.39 is 5.91 Å². The fourth-order valence-electron chi connectivity index (χ4n) is 4.55. The van der Waals surface area contributed by atoms with E-state index in [-0.39, 0.29) is 17.8 Å². The summed E-state index contributed by atoms with van der Waals surface area (Å²) in [6.45, 7) is 4.71. The Morgan fingerprint density at radius 2 is 1.94 bits per heavy atom. The summed E-state index contributed by atoms with van der Waals surface area (Å²) in [7, 11) is 0. The number of aromatic nitrogens is 2. The van der Waals surface area contributed by atoms with Gasteiger partial charge in [0.05, 0.1) is 23.3 Å². The predicted molar refractivity (Wildman–Crippen MR) is 132 cm³/mol. The van der Waals surface area contributed by atoms with Gasteiger partial charge in [0.15, 0.2) is 5.69 Å². The van der Waals surface area contributed by atoms with Crippen molar-refractivity contribution in [2.75, 3.05) is 23.3 Å². The van der Waals surface area contributed by atoms with Crippen molar-refractivity contribution in [3.05, 3.63) is 65.1 Å². The van der Waals surface area contributed by atoms with Gasteiger partial charge in [0, 0.05) is 32.2 Å². The molecule has 0 saturated carbocycles. The zero-order valence-corrected chi connectivity index (χ0v) is 19.8. The summed E-state index contributed by atoms with van der Waals surface area (Å²) in [5.41, 5.74) is 10.5. The van der Waals surface area contributed by atoms with Gasteiger partial charge in [0.2, 0.25) is 0 Å². The quantitative estimate of drug-likeness (QED) is 0.519. The van der Waals surface area contributed by atoms with Crippen molar-refractivity contribution >= 4 is 39.8 Å². The SMILES string of the molecule is Cc1cc(Nc2cc(N3CCCC(NC(=O)N4Cc5ccccc5C4)C3)cnc2C(N)=O)sn1. The van der Waals surface area contributed by atoms with Crippen molar-refractivity contribution in [1.82, 2.24) is 19.6 Å². The highest BCUT2D eigenvalue weighted by Gasteiger charge is 2.27. The van der Waals surface area contributed by atoms with Crippen LogP contribution < -0.4 is 21.3 Å². The number of urea groups is 1. The van der Waals surface area contributed by atoms with Crippen LogP contribution in [-0.4, -0.2) is 45.3 Å². The fourth-order valence-corrected chi connectivity index (χ4v) is 5.22. The number of pyridine rings is 1. The molecule has 3 aromatic rings. The molecule has 9 nitrogen and oxygen atoms in total. The van der Waals surface area contributed by atoms with Crippen LogP contribution in [0.25, 0.3) is 0 Å². The summed E-state index contributed by atoms with van der Waals surface area (Å²) in [6.07, 6.45) is 3.53. The molecule has 0 bridgehead atoms. The van der Waals surface area contributed by atoms with E-state index in [0.29, 0.717) is 25.3 Å². The number of anilines is 3. The molecule has 0 spiro atoms. The number of carbonyl (C=O) groups excluding carboxylic acids is 2. The van der Waals surface area contributed by atoms with E-state index in [0.717, 1.165) is 35.8 Å². The van der Waals surface area contributed by atoms with Crippen LogP contribution in [0, 0.1) is 6.92 Å². The number of benzene rings is 1. The number of rotatable bonds is 5. The van der Waals surface area contributed by atoms with E-state index in [9.17, 15) is 9.59 Å². The molecule has 34 heavy (non-hydrogen) atoms. The van der Waals surface area contributed by atoms with E-state index in [1.165, 1.54) is 22.7 Å². The summed E-state index contributed by atoms with van der Waals surface area (Å²) in [6, 6.07) is 12.0. The van der Waals surface area contributed by atoms with Gasteiger partial charge >= 0.3 is 6.03 Å². The van der Waals surface area contributed by atoms with Gasteiger partial charge in [-0.1, -0.05) is 24.3 Å². The molecule has 5 rings (SSSR count). The minimum absolute atomic E-state index is 0.0290. The normalized spacial score (nSPS) is 17.4. The number of primary amides is 1. The number of carbonyl (C=O) groups is 2. The zero-order chi connectivity index (χ0) is 23.7. The third-order valence-electron chi connectivity index (χ3n) is 6.23. The predicted octanol–water partition coefficient (Wildman–Crippen LogP) is 3.38. The highest BCUT2D eigenvalue weighted by Crippen LogP contribution is 2.29. The van der Waals surface area contributed by atoms with Crippen LogP contribution >= 0.6 is 11.5 Å². The second kappa shape index (κ2) is 9.30. The standard InChI is InChI=1S/C24H27N7O2S/c1-15-9-21(34-29-15)28-20-10-19(11-26-22(20)23(25)32)30-8-4-7-18(14-30)27-24(33)31-12-16-5-2-3-6-17(16)13-31/h2-3,5-6,9-11,18,28H,4,7-8,12-14H2,1H3,(H2,25,32)(H,27,33). The molecule has 2 aliphatic heterocycles. The van der Waals surface area contributed by atoms with Crippen LogP contribution in [0.5, 0.6) is 0 Å². The Hall–Kier alpha value is -3.66. The molecule has 1 atom stereocenters. The van der Waals surface area contributed by atoms with Crippen molar-refractivity contribution in [3.8, 4) is 0 Å².